The Labute approximate surface area is 180 Å². The number of hydrogen-bond donors (Lipinski definition) is 0. The maximum atomic E-state index is 3.44. The molecule has 2 unspecified atom stereocenters. The molecule has 0 aliphatic heterocycles. The van der Waals surface area contributed by atoms with Crippen LogP contribution >= 0.6 is 0 Å². The van der Waals surface area contributed by atoms with Crippen LogP contribution in [0, 0.1) is 24.0 Å². The zero-order valence-electron chi connectivity index (χ0n) is 19.2. The zero-order valence-corrected chi connectivity index (χ0v) is 19.2. The molecule has 1 aliphatic rings. The van der Waals surface area contributed by atoms with E-state index in [0.29, 0.717) is 0 Å². The summed E-state index contributed by atoms with van der Waals surface area (Å²) in [6, 6.07) is 20.3. The van der Waals surface area contributed by atoms with Crippen molar-refractivity contribution in [1.29, 1.82) is 0 Å². The lowest BCUT2D eigenvalue weighted by molar-refractivity contribution is 0.266. The van der Waals surface area contributed by atoms with E-state index in [1.807, 2.05) is 0 Å². The predicted molar refractivity (Wildman–Crippen MR) is 126 cm³/mol. The Balaban J connectivity index is 2.07. The van der Waals surface area contributed by atoms with E-state index >= 15 is 0 Å². The van der Waals surface area contributed by atoms with Gasteiger partial charge in [0.25, 0.3) is 0 Å². The Bertz CT molecular complexity index is 691. The van der Waals surface area contributed by atoms with Crippen molar-refractivity contribution in [3.63, 3.8) is 0 Å². The maximum absolute atomic E-state index is 3.44. The van der Waals surface area contributed by atoms with Gasteiger partial charge in [0.2, 0.25) is 0 Å². The zero-order chi connectivity index (χ0) is 20.7. The van der Waals surface area contributed by atoms with Gasteiger partial charge in [-0.1, -0.05) is 103 Å². The first kappa shape index (κ1) is 22.1. The second-order valence-corrected chi connectivity index (χ2v) is 9.27. The Hall–Kier alpha value is -1.56. The van der Waals surface area contributed by atoms with Gasteiger partial charge in [-0.05, 0) is 71.2 Å². The van der Waals surface area contributed by atoms with Crippen LogP contribution in [0.15, 0.2) is 36.4 Å². The Morgan fingerprint density at radius 2 is 1.17 bits per heavy atom. The molecule has 156 valence electrons. The molecule has 0 saturated carbocycles. The number of benzene rings is 2. The van der Waals surface area contributed by atoms with Gasteiger partial charge in [0.15, 0.2) is 0 Å². The van der Waals surface area contributed by atoms with Crippen molar-refractivity contribution < 1.29 is 0 Å². The highest BCUT2D eigenvalue weighted by Gasteiger charge is 2.44. The fraction of sp³-hybridized carbons (Fsp3) is 0.586. The van der Waals surface area contributed by atoms with Crippen molar-refractivity contribution in [3.8, 4) is 11.1 Å². The third-order valence-electron chi connectivity index (χ3n) is 7.41. The molecule has 0 saturated heterocycles. The van der Waals surface area contributed by atoms with Crippen molar-refractivity contribution in [1.82, 2.24) is 0 Å². The van der Waals surface area contributed by atoms with E-state index in [-0.39, 0.29) is 5.41 Å². The molecule has 0 N–H and O–H groups in total. The quantitative estimate of drug-likeness (QED) is 0.341. The van der Waals surface area contributed by atoms with Crippen LogP contribution in [0.25, 0.3) is 11.1 Å². The minimum absolute atomic E-state index is 0.142. The molecule has 0 spiro atoms. The van der Waals surface area contributed by atoms with Crippen LogP contribution in [0.3, 0.4) is 0 Å². The van der Waals surface area contributed by atoms with Crippen molar-refractivity contribution in [2.24, 2.45) is 11.8 Å². The number of unbranched alkanes of at least 4 members (excludes halogenated alkanes) is 2. The van der Waals surface area contributed by atoms with Crippen LogP contribution in [-0.4, -0.2) is 0 Å². The minimum atomic E-state index is 0.142. The summed E-state index contributed by atoms with van der Waals surface area (Å²) in [7, 11) is 0. The first-order chi connectivity index (χ1) is 14.2. The van der Waals surface area contributed by atoms with Gasteiger partial charge in [-0.3, -0.25) is 0 Å². The van der Waals surface area contributed by atoms with Crippen LogP contribution in [-0.2, 0) is 5.41 Å². The summed E-state index contributed by atoms with van der Waals surface area (Å²) >= 11 is 0. The summed E-state index contributed by atoms with van der Waals surface area (Å²) in [5.74, 6) is 1.58. The fourth-order valence-corrected chi connectivity index (χ4v) is 5.66. The molecule has 0 aromatic heterocycles. The molecule has 3 rings (SSSR count). The lowest BCUT2D eigenvalue weighted by Gasteiger charge is -2.38. The molecule has 1 aliphatic carbocycles. The van der Waals surface area contributed by atoms with E-state index in [1.54, 1.807) is 11.1 Å². The standard InChI is InChI=1S/C29H40/c1-5-9-15-23(7-3)21-29(22-24(8-4)16-10-6-2)27-19-13-11-17-25(27)26-18-12-14-20-28(26)29/h11-12,17-20,23-24H,5-10,15-16,21-22H2,1-4H3. The summed E-state index contributed by atoms with van der Waals surface area (Å²) in [4.78, 5) is 0. The van der Waals surface area contributed by atoms with Crippen molar-refractivity contribution in [2.45, 2.75) is 97.3 Å². The molecule has 2 atom stereocenters. The van der Waals surface area contributed by atoms with Crippen molar-refractivity contribution in [3.05, 3.63) is 59.7 Å². The van der Waals surface area contributed by atoms with Crippen LogP contribution in [0.1, 0.15) is 103 Å². The predicted octanol–water partition coefficient (Wildman–Crippen LogP) is 8.77. The lowest BCUT2D eigenvalue weighted by atomic mass is 9.65. The maximum Gasteiger partial charge on any atom is 0.0220 e. The minimum Gasteiger partial charge on any atom is -0.0654 e. The normalized spacial score (nSPS) is 16.3. The summed E-state index contributed by atoms with van der Waals surface area (Å²) in [6.07, 6.45) is 13.1. The van der Waals surface area contributed by atoms with Crippen LogP contribution < -0.4 is 0 Å². The first-order valence-electron chi connectivity index (χ1n) is 12.2. The second-order valence-electron chi connectivity index (χ2n) is 9.27. The summed E-state index contributed by atoms with van der Waals surface area (Å²) < 4.78 is 0. The highest BCUT2D eigenvalue weighted by atomic mass is 14.5. The van der Waals surface area contributed by atoms with E-state index in [0.717, 1.165) is 11.8 Å². The van der Waals surface area contributed by atoms with Gasteiger partial charge in [0, 0.05) is 5.41 Å². The molecule has 0 nitrogen and oxygen atoms in total. The van der Waals surface area contributed by atoms with E-state index < -0.39 is 0 Å². The van der Waals surface area contributed by atoms with Gasteiger partial charge in [0.1, 0.15) is 0 Å². The SMILES string of the molecule is CCCCC(CC)CC1(CC(CC)CCCC)c2c[c]ccc2-c2cc[c]cc21. The first-order valence-corrected chi connectivity index (χ1v) is 12.2. The Morgan fingerprint density at radius 3 is 1.55 bits per heavy atom. The van der Waals surface area contributed by atoms with Crippen molar-refractivity contribution in [2.75, 3.05) is 0 Å². The van der Waals surface area contributed by atoms with Crippen LogP contribution in [0.4, 0.5) is 0 Å². The fourth-order valence-electron chi connectivity index (χ4n) is 5.66. The second kappa shape index (κ2) is 10.5. The molecule has 0 bridgehead atoms. The third kappa shape index (κ3) is 4.62. The van der Waals surface area contributed by atoms with Gasteiger partial charge in [0.05, 0.1) is 0 Å². The molecule has 0 heteroatoms. The van der Waals surface area contributed by atoms with Crippen LogP contribution in [0.2, 0.25) is 0 Å². The van der Waals surface area contributed by atoms with E-state index in [9.17, 15) is 0 Å². The number of hydrogen-bond acceptors (Lipinski definition) is 0. The summed E-state index contributed by atoms with van der Waals surface area (Å²) in [6.45, 7) is 9.44. The molecule has 2 aromatic rings. The molecule has 0 heterocycles. The molecule has 0 amide bonds. The number of fused-ring (bicyclic) bond motifs is 3. The highest BCUT2D eigenvalue weighted by Crippen LogP contribution is 2.55. The third-order valence-corrected chi connectivity index (χ3v) is 7.41. The van der Waals surface area contributed by atoms with E-state index in [2.05, 4.69) is 76.2 Å². The Kier molecular flexibility index (Phi) is 7.99. The average Bonchev–Trinajstić information content (AvgIpc) is 3.04. The highest BCUT2D eigenvalue weighted by molar-refractivity contribution is 5.80. The van der Waals surface area contributed by atoms with Gasteiger partial charge >= 0.3 is 0 Å². The molecular formula is C29H40. The Morgan fingerprint density at radius 1 is 0.724 bits per heavy atom. The number of rotatable bonds is 12. The molecule has 2 aromatic carbocycles. The molecule has 29 heavy (non-hydrogen) atoms. The lowest BCUT2D eigenvalue weighted by Crippen LogP contribution is -2.31. The molecular weight excluding hydrogens is 348 g/mol. The molecule has 2 radical (unpaired) electrons. The van der Waals surface area contributed by atoms with Crippen LogP contribution in [0.5, 0.6) is 0 Å². The van der Waals surface area contributed by atoms with Gasteiger partial charge in [-0.2, -0.15) is 0 Å². The van der Waals surface area contributed by atoms with E-state index in [4.69, 9.17) is 0 Å². The van der Waals surface area contributed by atoms with E-state index in [1.165, 1.54) is 75.3 Å². The molecule has 0 fully saturated rings. The summed E-state index contributed by atoms with van der Waals surface area (Å²) in [5.41, 5.74) is 6.12. The van der Waals surface area contributed by atoms with Gasteiger partial charge in [-0.15, -0.1) is 0 Å². The monoisotopic (exact) mass is 388 g/mol. The topological polar surface area (TPSA) is 0 Å². The van der Waals surface area contributed by atoms with Crippen molar-refractivity contribution >= 4 is 0 Å². The van der Waals surface area contributed by atoms with Gasteiger partial charge < -0.3 is 0 Å². The largest absolute Gasteiger partial charge is 0.0654 e. The van der Waals surface area contributed by atoms with Gasteiger partial charge in [-0.25, -0.2) is 0 Å². The smallest absolute Gasteiger partial charge is 0.0220 e. The average molecular weight is 389 g/mol. The summed E-state index contributed by atoms with van der Waals surface area (Å²) in [5, 5.41) is 0.